The van der Waals surface area contributed by atoms with Gasteiger partial charge in [0.2, 0.25) is 0 Å². The Morgan fingerprint density at radius 3 is 2.41 bits per heavy atom. The molecule has 0 bridgehead atoms. The summed E-state index contributed by atoms with van der Waals surface area (Å²) in [5.74, 6) is 0. The maximum Gasteiger partial charge on any atom is 0.144 e. The summed E-state index contributed by atoms with van der Waals surface area (Å²) in [5, 5.41) is 0. The summed E-state index contributed by atoms with van der Waals surface area (Å²) in [7, 11) is 0. The maximum absolute atomic E-state index is 11.9. The van der Waals surface area contributed by atoms with E-state index in [2.05, 4.69) is 20.3 Å². The second-order valence-electron chi connectivity index (χ2n) is 5.00. The molecule has 0 heterocycles. The zero-order valence-electron chi connectivity index (χ0n) is 10.9. The Balaban J connectivity index is 3.00. The SMILES string of the molecule is C/C(=N\[S@+]([O-])C(C)(C)C)c1ccc(Br)c(C)c1. The first-order valence-corrected chi connectivity index (χ1v) is 7.35. The van der Waals surface area contributed by atoms with Crippen LogP contribution in [0.2, 0.25) is 0 Å². The molecule has 0 aliphatic carbocycles. The van der Waals surface area contributed by atoms with Crippen LogP contribution in [0.25, 0.3) is 0 Å². The largest absolute Gasteiger partial charge is 0.591 e. The Morgan fingerprint density at radius 1 is 1.35 bits per heavy atom. The molecule has 1 atom stereocenters. The van der Waals surface area contributed by atoms with Gasteiger partial charge in [0.15, 0.2) is 0 Å². The summed E-state index contributed by atoms with van der Waals surface area (Å²) >= 11 is 2.26. The van der Waals surface area contributed by atoms with Gasteiger partial charge >= 0.3 is 0 Å². The smallest absolute Gasteiger partial charge is 0.144 e. The van der Waals surface area contributed by atoms with Crippen LogP contribution in [0.5, 0.6) is 0 Å². The first kappa shape index (κ1) is 14.7. The topological polar surface area (TPSA) is 35.4 Å². The summed E-state index contributed by atoms with van der Waals surface area (Å²) in [6.07, 6.45) is 0. The Morgan fingerprint density at radius 2 is 1.94 bits per heavy atom. The van der Waals surface area contributed by atoms with Crippen molar-refractivity contribution in [1.82, 2.24) is 0 Å². The van der Waals surface area contributed by atoms with Crippen molar-refractivity contribution in [2.24, 2.45) is 4.40 Å². The van der Waals surface area contributed by atoms with Crippen LogP contribution in [0.1, 0.15) is 38.8 Å². The third-order valence-corrected chi connectivity index (χ3v) is 4.70. The van der Waals surface area contributed by atoms with Crippen LogP contribution in [0.4, 0.5) is 0 Å². The molecule has 0 radical (unpaired) electrons. The second kappa shape index (κ2) is 5.55. The minimum atomic E-state index is -1.20. The molecule has 0 aromatic heterocycles. The van der Waals surface area contributed by atoms with Gasteiger partial charge in [0.05, 0.1) is 5.71 Å². The standard InChI is InChI=1S/C13H18BrNOS/c1-9-8-11(6-7-12(9)14)10(2)15-17(16)13(3,4)5/h6-8H,1-5H3/b15-10+/t17-/m1/s1. The molecule has 4 heteroatoms. The summed E-state index contributed by atoms with van der Waals surface area (Å²) in [6, 6.07) is 6.02. The quantitative estimate of drug-likeness (QED) is 0.599. The van der Waals surface area contributed by atoms with E-state index in [9.17, 15) is 4.55 Å². The summed E-state index contributed by atoms with van der Waals surface area (Å²) in [4.78, 5) is 0. The van der Waals surface area contributed by atoms with Crippen molar-refractivity contribution < 1.29 is 4.55 Å². The lowest BCUT2D eigenvalue weighted by atomic mass is 10.1. The molecule has 0 saturated carbocycles. The molecule has 0 fully saturated rings. The maximum atomic E-state index is 11.9. The first-order valence-electron chi connectivity index (χ1n) is 5.45. The minimum absolute atomic E-state index is 0.314. The summed E-state index contributed by atoms with van der Waals surface area (Å²) in [5.41, 5.74) is 2.98. The monoisotopic (exact) mass is 315 g/mol. The molecule has 17 heavy (non-hydrogen) atoms. The summed E-state index contributed by atoms with van der Waals surface area (Å²) < 4.78 is 16.9. The fraction of sp³-hybridized carbons (Fsp3) is 0.462. The van der Waals surface area contributed by atoms with E-state index in [4.69, 9.17) is 0 Å². The predicted octanol–water partition coefficient (Wildman–Crippen LogP) is 4.03. The minimum Gasteiger partial charge on any atom is -0.591 e. The predicted molar refractivity (Wildman–Crippen MR) is 79.0 cm³/mol. The van der Waals surface area contributed by atoms with Gasteiger partial charge in [-0.3, -0.25) is 0 Å². The zero-order chi connectivity index (χ0) is 13.2. The van der Waals surface area contributed by atoms with E-state index < -0.39 is 11.4 Å². The van der Waals surface area contributed by atoms with E-state index in [1.807, 2.05) is 52.8 Å². The fourth-order valence-corrected chi connectivity index (χ4v) is 2.06. The number of hydrogen-bond donors (Lipinski definition) is 0. The number of halogens is 1. The molecule has 94 valence electrons. The van der Waals surface area contributed by atoms with Crippen LogP contribution >= 0.6 is 15.9 Å². The van der Waals surface area contributed by atoms with Crippen LogP contribution in [-0.4, -0.2) is 15.0 Å². The van der Waals surface area contributed by atoms with Crippen molar-refractivity contribution in [3.63, 3.8) is 0 Å². The highest BCUT2D eigenvalue weighted by Gasteiger charge is 2.26. The van der Waals surface area contributed by atoms with Gasteiger partial charge in [0.25, 0.3) is 0 Å². The average Bonchev–Trinajstić information content (AvgIpc) is 2.20. The van der Waals surface area contributed by atoms with Crippen molar-refractivity contribution in [3.8, 4) is 0 Å². The van der Waals surface area contributed by atoms with E-state index >= 15 is 0 Å². The van der Waals surface area contributed by atoms with Crippen LogP contribution in [0.15, 0.2) is 27.1 Å². The Labute approximate surface area is 115 Å². The van der Waals surface area contributed by atoms with Gasteiger partial charge in [-0.15, -0.1) is 0 Å². The molecule has 1 aromatic rings. The van der Waals surface area contributed by atoms with Crippen molar-refractivity contribution in [2.75, 3.05) is 0 Å². The summed E-state index contributed by atoms with van der Waals surface area (Å²) in [6.45, 7) is 9.69. The molecule has 0 N–H and O–H groups in total. The average molecular weight is 316 g/mol. The van der Waals surface area contributed by atoms with Crippen molar-refractivity contribution in [3.05, 3.63) is 33.8 Å². The van der Waals surface area contributed by atoms with Gasteiger partial charge in [-0.25, -0.2) is 0 Å². The van der Waals surface area contributed by atoms with Crippen LogP contribution in [0, 0.1) is 6.92 Å². The molecule has 0 unspecified atom stereocenters. The molecular weight excluding hydrogens is 298 g/mol. The van der Waals surface area contributed by atoms with E-state index in [1.165, 1.54) is 0 Å². The highest BCUT2D eigenvalue weighted by atomic mass is 79.9. The van der Waals surface area contributed by atoms with Gasteiger partial charge in [-0.1, -0.05) is 26.4 Å². The lowest BCUT2D eigenvalue weighted by molar-refractivity contribution is 0.561. The molecule has 0 saturated heterocycles. The fourth-order valence-electron chi connectivity index (χ4n) is 1.18. The lowest BCUT2D eigenvalue weighted by Gasteiger charge is -2.18. The van der Waals surface area contributed by atoms with Crippen LogP contribution < -0.4 is 0 Å². The van der Waals surface area contributed by atoms with Gasteiger partial charge in [-0.2, -0.15) is 0 Å². The van der Waals surface area contributed by atoms with E-state index in [0.717, 1.165) is 21.3 Å². The van der Waals surface area contributed by atoms with Gasteiger partial charge in [0, 0.05) is 10.0 Å². The van der Waals surface area contributed by atoms with E-state index in [1.54, 1.807) is 0 Å². The molecule has 0 spiro atoms. The van der Waals surface area contributed by atoms with Crippen molar-refractivity contribution in [2.45, 2.75) is 39.4 Å². The molecule has 0 amide bonds. The first-order chi connectivity index (χ1) is 7.71. The zero-order valence-corrected chi connectivity index (χ0v) is 13.3. The Kier molecular flexibility index (Phi) is 4.81. The van der Waals surface area contributed by atoms with Crippen molar-refractivity contribution in [1.29, 1.82) is 0 Å². The molecule has 1 rings (SSSR count). The highest BCUT2D eigenvalue weighted by Crippen LogP contribution is 2.20. The molecule has 2 nitrogen and oxygen atoms in total. The number of rotatable bonds is 2. The van der Waals surface area contributed by atoms with Gasteiger partial charge < -0.3 is 4.55 Å². The van der Waals surface area contributed by atoms with E-state index in [0.29, 0.717) is 0 Å². The normalized spacial score (nSPS) is 14.9. The van der Waals surface area contributed by atoms with E-state index in [-0.39, 0.29) is 4.75 Å². The van der Waals surface area contributed by atoms with Crippen LogP contribution in [-0.2, 0) is 11.4 Å². The third kappa shape index (κ3) is 4.12. The van der Waals surface area contributed by atoms with Crippen molar-refractivity contribution >= 4 is 33.0 Å². The highest BCUT2D eigenvalue weighted by molar-refractivity contribution is 9.10. The third-order valence-electron chi connectivity index (χ3n) is 2.32. The lowest BCUT2D eigenvalue weighted by Crippen LogP contribution is -2.26. The number of benzene rings is 1. The number of aryl methyl sites for hydroxylation is 1. The molecule has 0 aliphatic heterocycles. The Bertz CT molecular complexity index is 438. The number of nitrogens with zero attached hydrogens (tertiary/aromatic N) is 1. The second-order valence-corrected chi connectivity index (χ2v) is 7.76. The Hall–Kier alpha value is -0.320. The molecule has 0 aliphatic rings. The van der Waals surface area contributed by atoms with Crippen LogP contribution in [0.3, 0.4) is 0 Å². The molecule has 1 aromatic carbocycles. The number of hydrogen-bond acceptors (Lipinski definition) is 2. The molecular formula is C13H18BrNOS. The van der Waals surface area contributed by atoms with Gasteiger partial charge in [-0.05, 0) is 52.3 Å². The van der Waals surface area contributed by atoms with Gasteiger partial charge in [0.1, 0.15) is 16.1 Å².